The number of nitrogens with one attached hydrogen (secondary N) is 1. The van der Waals surface area contributed by atoms with E-state index in [9.17, 15) is 14.4 Å². The first kappa shape index (κ1) is 20.1. The number of carbonyl (C=O) groups is 2. The molecule has 1 heterocycles. The molecule has 0 aliphatic rings. The van der Waals surface area contributed by atoms with Gasteiger partial charge in [-0.05, 0) is 56.2 Å². The number of benzene rings is 2. The molecule has 0 aliphatic heterocycles. The smallest absolute Gasteiger partial charge is 0.349 e. The topological polar surface area (TPSA) is 94.8 Å². The molecule has 3 aromatic rings. The van der Waals surface area contributed by atoms with Crippen LogP contribution in [0.3, 0.4) is 0 Å². The maximum atomic E-state index is 12.1. The second-order valence-electron chi connectivity index (χ2n) is 6.54. The van der Waals surface area contributed by atoms with Crippen LogP contribution < -0.4 is 20.4 Å². The Bertz CT molecular complexity index is 1130. The maximum absolute atomic E-state index is 12.1. The summed E-state index contributed by atoms with van der Waals surface area (Å²) < 4.78 is 16.0. The zero-order chi connectivity index (χ0) is 21.0. The molecule has 0 bridgehead atoms. The summed E-state index contributed by atoms with van der Waals surface area (Å²) in [6.07, 6.45) is 0. The molecule has 1 N–H and O–H groups in total. The number of carbonyl (C=O) groups excluding carboxylic acids is 2. The van der Waals surface area contributed by atoms with E-state index >= 15 is 0 Å². The van der Waals surface area contributed by atoms with E-state index < -0.39 is 17.5 Å². The van der Waals surface area contributed by atoms with Crippen LogP contribution in [0.1, 0.15) is 28.4 Å². The van der Waals surface area contributed by atoms with E-state index in [0.717, 1.165) is 11.1 Å². The van der Waals surface area contributed by atoms with Crippen molar-refractivity contribution < 1.29 is 23.5 Å². The van der Waals surface area contributed by atoms with Gasteiger partial charge in [0.1, 0.15) is 22.6 Å². The summed E-state index contributed by atoms with van der Waals surface area (Å²) in [6.45, 7) is 5.72. The molecule has 7 heteroatoms. The van der Waals surface area contributed by atoms with Crippen LogP contribution in [0.4, 0.5) is 0 Å². The molecular weight excluding hydrogens is 374 g/mol. The molecule has 0 atom stereocenters. The molecule has 0 fully saturated rings. The summed E-state index contributed by atoms with van der Waals surface area (Å²) in [5.41, 5.74) is 1.31. The number of esters is 1. The third kappa shape index (κ3) is 4.82. The summed E-state index contributed by atoms with van der Waals surface area (Å²) in [5.74, 6) is -0.265. The van der Waals surface area contributed by atoms with Crippen LogP contribution in [0, 0.1) is 13.8 Å². The van der Waals surface area contributed by atoms with Crippen LogP contribution in [0.25, 0.3) is 11.0 Å². The molecule has 0 saturated heterocycles. The molecule has 150 valence electrons. The Hall–Kier alpha value is -3.61. The first-order valence-electron chi connectivity index (χ1n) is 9.14. The third-order valence-electron chi connectivity index (χ3n) is 4.21. The van der Waals surface area contributed by atoms with E-state index in [1.165, 1.54) is 12.1 Å². The summed E-state index contributed by atoms with van der Waals surface area (Å²) in [6, 6.07) is 11.8. The van der Waals surface area contributed by atoms with E-state index in [-0.39, 0.29) is 23.5 Å². The second kappa shape index (κ2) is 8.60. The molecule has 1 aromatic heterocycles. The molecular formula is C22H21NO6. The van der Waals surface area contributed by atoms with Crippen molar-refractivity contribution in [3.8, 4) is 11.5 Å². The Morgan fingerprint density at radius 1 is 1.07 bits per heavy atom. The van der Waals surface area contributed by atoms with Crippen LogP contribution in [-0.2, 0) is 4.79 Å². The van der Waals surface area contributed by atoms with Gasteiger partial charge < -0.3 is 19.2 Å². The van der Waals surface area contributed by atoms with Crippen LogP contribution >= 0.6 is 0 Å². The Morgan fingerprint density at radius 2 is 1.86 bits per heavy atom. The lowest BCUT2D eigenvalue weighted by atomic mass is 10.1. The number of aryl methyl sites for hydroxylation is 2. The van der Waals surface area contributed by atoms with E-state index in [1.54, 1.807) is 19.1 Å². The highest BCUT2D eigenvalue weighted by Crippen LogP contribution is 2.22. The Morgan fingerprint density at radius 3 is 2.62 bits per heavy atom. The summed E-state index contributed by atoms with van der Waals surface area (Å²) >= 11 is 0. The normalized spacial score (nSPS) is 10.6. The van der Waals surface area contributed by atoms with Crippen molar-refractivity contribution in [3.63, 3.8) is 0 Å². The Balaban J connectivity index is 1.72. The fraction of sp³-hybridized carbons (Fsp3) is 0.227. The Labute approximate surface area is 167 Å². The van der Waals surface area contributed by atoms with Gasteiger partial charge in [-0.15, -0.1) is 0 Å². The highest BCUT2D eigenvalue weighted by Gasteiger charge is 2.14. The summed E-state index contributed by atoms with van der Waals surface area (Å²) in [4.78, 5) is 36.1. The van der Waals surface area contributed by atoms with E-state index in [4.69, 9.17) is 13.9 Å². The minimum absolute atomic E-state index is 0.0778. The van der Waals surface area contributed by atoms with Crippen LogP contribution in [0.2, 0.25) is 0 Å². The molecule has 0 saturated carbocycles. The minimum Gasteiger partial charge on any atom is -0.482 e. The molecule has 0 spiro atoms. The number of amides is 1. The average molecular weight is 395 g/mol. The van der Waals surface area contributed by atoms with Crippen molar-refractivity contribution >= 4 is 22.8 Å². The quantitative estimate of drug-likeness (QED) is 0.391. The monoisotopic (exact) mass is 395 g/mol. The van der Waals surface area contributed by atoms with E-state index in [0.29, 0.717) is 17.7 Å². The van der Waals surface area contributed by atoms with E-state index in [2.05, 4.69) is 5.32 Å². The first-order valence-corrected chi connectivity index (χ1v) is 9.14. The van der Waals surface area contributed by atoms with Gasteiger partial charge >= 0.3 is 11.6 Å². The van der Waals surface area contributed by atoms with Crippen molar-refractivity contribution in [2.45, 2.75) is 20.8 Å². The summed E-state index contributed by atoms with van der Waals surface area (Å²) in [7, 11) is 0. The van der Waals surface area contributed by atoms with Crippen molar-refractivity contribution in [3.05, 3.63) is 69.6 Å². The fourth-order valence-corrected chi connectivity index (χ4v) is 2.73. The van der Waals surface area contributed by atoms with Crippen molar-refractivity contribution in [1.82, 2.24) is 5.32 Å². The largest absolute Gasteiger partial charge is 0.482 e. The van der Waals surface area contributed by atoms with Gasteiger partial charge in [-0.3, -0.25) is 4.79 Å². The molecule has 0 aliphatic carbocycles. The molecule has 0 unspecified atom stereocenters. The van der Waals surface area contributed by atoms with Gasteiger partial charge in [-0.1, -0.05) is 12.1 Å². The standard InChI is InChI=1S/C22H21NO6/c1-4-23-21(25)17-10-15-7-8-16(11-19(15)29-22(17)26)28-20(24)12-27-18-9-13(2)5-6-14(18)3/h5-11H,4,12H2,1-3H3,(H,23,25). The summed E-state index contributed by atoms with van der Waals surface area (Å²) in [5, 5.41) is 3.10. The first-order chi connectivity index (χ1) is 13.9. The lowest BCUT2D eigenvalue weighted by molar-refractivity contribution is -0.136. The van der Waals surface area contributed by atoms with Gasteiger partial charge in [0.25, 0.3) is 5.91 Å². The molecule has 7 nitrogen and oxygen atoms in total. The number of rotatable bonds is 6. The minimum atomic E-state index is -0.759. The van der Waals surface area contributed by atoms with E-state index in [1.807, 2.05) is 32.0 Å². The number of hydrogen-bond donors (Lipinski definition) is 1. The molecule has 3 rings (SSSR count). The fourth-order valence-electron chi connectivity index (χ4n) is 2.73. The third-order valence-corrected chi connectivity index (χ3v) is 4.21. The molecule has 29 heavy (non-hydrogen) atoms. The predicted molar refractivity (Wildman–Crippen MR) is 108 cm³/mol. The van der Waals surface area contributed by atoms with Crippen molar-refractivity contribution in [2.75, 3.05) is 13.2 Å². The lowest BCUT2D eigenvalue weighted by Gasteiger charge is -2.10. The SMILES string of the molecule is CCNC(=O)c1cc2ccc(OC(=O)COc3cc(C)ccc3C)cc2oc1=O. The highest BCUT2D eigenvalue weighted by molar-refractivity contribution is 5.96. The van der Waals surface area contributed by atoms with Gasteiger partial charge in [0.15, 0.2) is 6.61 Å². The number of hydrogen-bond acceptors (Lipinski definition) is 6. The number of ether oxygens (including phenoxy) is 2. The van der Waals surface area contributed by atoms with Gasteiger partial charge in [0.05, 0.1) is 0 Å². The Kier molecular flexibility index (Phi) is 5.97. The maximum Gasteiger partial charge on any atom is 0.349 e. The lowest BCUT2D eigenvalue weighted by Crippen LogP contribution is -2.27. The predicted octanol–water partition coefficient (Wildman–Crippen LogP) is 3.14. The van der Waals surface area contributed by atoms with Gasteiger partial charge in [0.2, 0.25) is 0 Å². The number of fused-ring (bicyclic) bond motifs is 1. The van der Waals surface area contributed by atoms with Crippen LogP contribution in [0.15, 0.2) is 51.7 Å². The molecule has 0 radical (unpaired) electrons. The molecule has 1 amide bonds. The molecule has 2 aromatic carbocycles. The van der Waals surface area contributed by atoms with Gasteiger partial charge in [-0.2, -0.15) is 0 Å². The van der Waals surface area contributed by atoms with Gasteiger partial charge in [0, 0.05) is 18.0 Å². The van der Waals surface area contributed by atoms with Gasteiger partial charge in [-0.25, -0.2) is 9.59 Å². The van der Waals surface area contributed by atoms with Crippen LogP contribution in [-0.4, -0.2) is 25.0 Å². The van der Waals surface area contributed by atoms with Crippen LogP contribution in [0.5, 0.6) is 11.5 Å². The second-order valence-corrected chi connectivity index (χ2v) is 6.54. The van der Waals surface area contributed by atoms with Crippen molar-refractivity contribution in [2.24, 2.45) is 0 Å². The average Bonchev–Trinajstić information content (AvgIpc) is 2.68. The zero-order valence-corrected chi connectivity index (χ0v) is 16.4. The zero-order valence-electron chi connectivity index (χ0n) is 16.4. The highest BCUT2D eigenvalue weighted by atomic mass is 16.6. The van der Waals surface area contributed by atoms with Crippen molar-refractivity contribution in [1.29, 1.82) is 0 Å².